The molecule has 2 spiro atoms. The van der Waals surface area contributed by atoms with E-state index in [9.17, 15) is 28.8 Å². The summed E-state index contributed by atoms with van der Waals surface area (Å²) in [7, 11) is 2.75. The summed E-state index contributed by atoms with van der Waals surface area (Å²) in [5.41, 5.74) is 5.36. The SMILES string of the molecule is O=C1NC(Cc2ccccc2)C(=O)[PH]2(NC1Cc1ccccc1)NC(Cc1ccccc1)C2=O.O=C1NC(Cc2ccccc2)C(=O)[PH]2(NC1Cc1ccccc1)NC(Cc1ccccc1)C2=O.O=[C-]OO.[Cl][Pd][Cl].[K].[K]. The zero-order valence-corrected chi connectivity index (χ0v) is 53.6. The van der Waals surface area contributed by atoms with E-state index in [1.165, 1.54) is 0 Å². The quantitative estimate of drug-likeness (QED) is 0.0243. The Bertz CT molecular complexity index is 2700. The van der Waals surface area contributed by atoms with Gasteiger partial charge in [0, 0.05) is 103 Å². The second-order valence-corrected chi connectivity index (χ2v) is 26.7. The molecule has 0 aliphatic carbocycles. The second-order valence-electron chi connectivity index (χ2n) is 18.2. The van der Waals surface area contributed by atoms with Crippen LogP contribution in [0.4, 0.5) is 0 Å². The van der Waals surface area contributed by atoms with Gasteiger partial charge in [0.2, 0.25) is 0 Å². The maximum absolute atomic E-state index is 13.8. The fourth-order valence-corrected chi connectivity index (χ4v) is 16.9. The number of hydrogen-bond acceptors (Lipinski definition) is 13. The molecule has 0 aromatic heterocycles. The third-order valence-corrected chi connectivity index (χ3v) is 20.8. The molecule has 6 atom stereocenters. The van der Waals surface area contributed by atoms with E-state index in [1.54, 1.807) is 0 Å². The second kappa shape index (κ2) is 32.9. The number of amides is 2. The van der Waals surface area contributed by atoms with Crippen LogP contribution in [-0.4, -0.2) is 185 Å². The minimum atomic E-state index is -3.44. The molecular formula is C55H57Cl2K2N6O9P2Pd-. The number of halogens is 2. The van der Waals surface area contributed by atoms with E-state index in [2.05, 4.69) is 35.9 Å². The van der Waals surface area contributed by atoms with Crippen LogP contribution in [0.1, 0.15) is 33.4 Å². The van der Waals surface area contributed by atoms with Crippen molar-refractivity contribution in [3.8, 4) is 0 Å². The van der Waals surface area contributed by atoms with Gasteiger partial charge in [0.25, 0.3) is 0 Å². The molecule has 4 heterocycles. The fourth-order valence-electron chi connectivity index (χ4n) is 9.73. The maximum Gasteiger partial charge on any atom is 0 e. The summed E-state index contributed by atoms with van der Waals surface area (Å²) in [6.45, 7) is 0.736. The van der Waals surface area contributed by atoms with Gasteiger partial charge in [-0.2, -0.15) is 0 Å². The van der Waals surface area contributed by atoms with Crippen LogP contribution in [-0.2, 0) is 92.9 Å². The van der Waals surface area contributed by atoms with Crippen molar-refractivity contribution in [2.45, 2.75) is 74.8 Å². The maximum atomic E-state index is 13.8. The molecule has 6 aromatic carbocycles. The molecule has 4 fully saturated rings. The molecule has 7 N–H and O–H groups in total. The van der Waals surface area contributed by atoms with Gasteiger partial charge in [-0.15, -0.1) is 0 Å². The Kier molecular flexibility index (Phi) is 27.9. The smallest absolute Gasteiger partial charge is 0 e. The Morgan fingerprint density at radius 3 is 0.779 bits per heavy atom. The van der Waals surface area contributed by atoms with E-state index in [0.717, 1.165) is 39.9 Å². The molecule has 77 heavy (non-hydrogen) atoms. The van der Waals surface area contributed by atoms with Crippen LogP contribution in [0.25, 0.3) is 0 Å². The summed E-state index contributed by atoms with van der Waals surface area (Å²) >= 11 is -0.106. The van der Waals surface area contributed by atoms with Crippen LogP contribution in [0, 0.1) is 0 Å². The van der Waals surface area contributed by atoms with Gasteiger partial charge in [-0.3, -0.25) is 0 Å². The molecular weight excluding hydrogens is 1210 g/mol. The minimum absolute atomic E-state index is 0. The van der Waals surface area contributed by atoms with Crippen molar-refractivity contribution in [1.82, 2.24) is 31.0 Å². The van der Waals surface area contributed by atoms with Gasteiger partial charge in [-0.1, -0.05) is 0 Å². The van der Waals surface area contributed by atoms with E-state index < -0.39 is 51.4 Å². The monoisotopic (exact) mass is 1260 g/mol. The zero-order chi connectivity index (χ0) is 53.2. The summed E-state index contributed by atoms with van der Waals surface area (Å²) in [5, 5.41) is 26.1. The van der Waals surface area contributed by atoms with Crippen molar-refractivity contribution in [1.29, 1.82) is 0 Å². The Hall–Kier alpha value is -2.41. The van der Waals surface area contributed by atoms with Crippen LogP contribution in [0.2, 0.25) is 0 Å². The topological polar surface area (TPSA) is 221 Å². The van der Waals surface area contributed by atoms with Crippen LogP contribution in [0.3, 0.4) is 0 Å². The molecule has 4 saturated heterocycles. The molecule has 2 amide bonds. The average Bonchev–Trinajstić information content (AvgIpc) is 3.61. The van der Waals surface area contributed by atoms with Gasteiger partial charge in [-0.05, 0) is 6.47 Å². The molecule has 398 valence electrons. The summed E-state index contributed by atoms with van der Waals surface area (Å²) in [5.74, 6) is -0.493. The molecule has 22 heteroatoms. The number of hydrogen-bond donors (Lipinski definition) is 7. The standard InChI is InChI=1S/2C27H28N3O3P.CHO3.2ClH.2K.Pd/c2*31-25-22(16-19-10-4-1-5-11-19)29-34(26(32)23(28-25)17-20-12-6-2-7-13-20)27(33)24(30-34)18-21-14-8-3-9-15-21;2-1-4-3;;;;;/h2*1-15,22-24,29-30,34H,16-18H2,(H,28,31);3H;2*1H;;;/q;;-1;;;;;+2/p-2. The van der Waals surface area contributed by atoms with E-state index >= 15 is 0 Å². The number of nitrogens with one attached hydrogen (secondary N) is 6. The predicted molar refractivity (Wildman–Crippen MR) is 302 cm³/mol. The summed E-state index contributed by atoms with van der Waals surface area (Å²) in [6.07, 6.45) is 2.58. The largest absolute Gasteiger partial charge is 0 e. The minimum Gasteiger partial charge on any atom is 0 e. The number of carbonyl (C=O) groups is 6. The first kappa shape index (κ1) is 65.4. The summed E-state index contributed by atoms with van der Waals surface area (Å²) in [4.78, 5) is 92.6. The Labute approximate surface area is 550 Å². The third-order valence-electron chi connectivity index (χ3n) is 13.3. The molecule has 0 bridgehead atoms. The van der Waals surface area contributed by atoms with Crippen molar-refractivity contribution < 1.29 is 59.6 Å². The number of benzene rings is 6. The summed E-state index contributed by atoms with van der Waals surface area (Å²) < 4.78 is 0. The third kappa shape index (κ3) is 17.5. The van der Waals surface area contributed by atoms with Crippen molar-refractivity contribution in [2.24, 2.45) is 0 Å². The molecule has 4 aliphatic heterocycles. The van der Waals surface area contributed by atoms with Crippen molar-refractivity contribution >= 4 is 177 Å². The first-order valence-electron chi connectivity index (χ1n) is 24.1. The van der Waals surface area contributed by atoms with E-state index in [0.29, 0.717) is 38.5 Å². The van der Waals surface area contributed by atoms with Gasteiger partial charge < -0.3 is 9.68 Å². The van der Waals surface area contributed by atoms with Crippen LogP contribution < -0.4 is 31.0 Å². The van der Waals surface area contributed by atoms with Crippen molar-refractivity contribution in [3.05, 3.63) is 215 Å². The Balaban J connectivity index is 0.000000248. The first-order valence-corrected chi connectivity index (χ1v) is 32.1. The number of carbonyl (C=O) groups excluding carboxylic acids is 7. The summed E-state index contributed by atoms with van der Waals surface area (Å²) in [6, 6.07) is 54.4. The normalized spacial score (nSPS) is 22.4. The van der Waals surface area contributed by atoms with Gasteiger partial charge >= 0.3 is 434 Å². The molecule has 10 rings (SSSR count). The molecule has 6 aromatic rings. The van der Waals surface area contributed by atoms with Gasteiger partial charge in [0.1, 0.15) is 0 Å². The van der Waals surface area contributed by atoms with Gasteiger partial charge in [0.05, 0.1) is 0 Å². The van der Waals surface area contributed by atoms with Crippen molar-refractivity contribution in [3.63, 3.8) is 0 Å². The van der Waals surface area contributed by atoms with E-state index in [1.807, 2.05) is 182 Å². The molecule has 0 saturated carbocycles. The van der Waals surface area contributed by atoms with Gasteiger partial charge in [0.15, 0.2) is 0 Å². The van der Waals surface area contributed by atoms with Gasteiger partial charge in [-0.25, -0.2) is 5.26 Å². The first-order chi connectivity index (χ1) is 36.4. The molecule has 2 radical (unpaired) electrons. The van der Waals surface area contributed by atoms with Crippen molar-refractivity contribution in [2.75, 3.05) is 0 Å². The molecule has 15 nitrogen and oxygen atoms in total. The van der Waals surface area contributed by atoms with E-state index in [4.69, 9.17) is 29.1 Å². The van der Waals surface area contributed by atoms with E-state index in [-0.39, 0.29) is 153 Å². The Morgan fingerprint density at radius 2 is 0.571 bits per heavy atom. The van der Waals surface area contributed by atoms with Crippen LogP contribution in [0.15, 0.2) is 182 Å². The average molecular weight is 1260 g/mol. The molecule has 4 aliphatic rings. The molecule has 6 unspecified atom stereocenters. The predicted octanol–water partition coefficient (Wildman–Crippen LogP) is 5.71. The van der Waals surface area contributed by atoms with Crippen LogP contribution >= 0.6 is 34.2 Å². The zero-order valence-electron chi connectivity index (χ0n) is 42.3. The Morgan fingerprint density at radius 1 is 0.390 bits per heavy atom. The van der Waals surface area contributed by atoms with Crippen LogP contribution in [0.5, 0.6) is 0 Å². The fraction of sp³-hybridized carbons (Fsp3) is 0.218. The number of rotatable bonds is 13.